The molecule has 2 heterocycles. The van der Waals surface area contributed by atoms with Crippen molar-refractivity contribution in [1.29, 1.82) is 0 Å². The topological polar surface area (TPSA) is 55.0 Å². The van der Waals surface area contributed by atoms with Crippen LogP contribution in [-0.4, -0.2) is 23.1 Å². The summed E-state index contributed by atoms with van der Waals surface area (Å²) >= 11 is 0. The highest BCUT2D eigenvalue weighted by molar-refractivity contribution is 6.16. The maximum Gasteiger partial charge on any atom is 0.0762 e. The molecular weight excluding hydrogens is 536 g/mol. The Kier molecular flexibility index (Phi) is 9.67. The maximum absolute atomic E-state index is 5.69. The van der Waals surface area contributed by atoms with Crippen molar-refractivity contribution in [2.75, 3.05) is 18.0 Å². The van der Waals surface area contributed by atoms with Gasteiger partial charge in [0.1, 0.15) is 0 Å². The van der Waals surface area contributed by atoms with Gasteiger partial charge in [0, 0.05) is 28.1 Å². The predicted molar refractivity (Wildman–Crippen MR) is 190 cm³/mol. The number of aromatic nitrogens is 2. The molecule has 2 N–H and O–H groups in total. The van der Waals surface area contributed by atoms with Crippen molar-refractivity contribution >= 4 is 55.0 Å². The number of nitrogens with zero attached hydrogens (tertiary/aromatic N) is 3. The fraction of sp³-hybridized carbons (Fsp3) is 0.350. The van der Waals surface area contributed by atoms with E-state index in [9.17, 15) is 0 Å². The van der Waals surface area contributed by atoms with Crippen molar-refractivity contribution < 1.29 is 0 Å². The van der Waals surface area contributed by atoms with Gasteiger partial charge >= 0.3 is 0 Å². The molecular formula is C40H46N4. The van der Waals surface area contributed by atoms with E-state index in [1.807, 2.05) is 0 Å². The molecule has 4 heteroatoms. The molecule has 0 saturated heterocycles. The zero-order chi connectivity index (χ0) is 30.3. The lowest BCUT2D eigenvalue weighted by Gasteiger charge is -2.30. The molecule has 44 heavy (non-hydrogen) atoms. The van der Waals surface area contributed by atoms with Crippen LogP contribution in [0.5, 0.6) is 0 Å². The number of aryl methyl sites for hydroxylation is 2. The predicted octanol–water partition coefficient (Wildman–Crippen LogP) is 10.4. The van der Waals surface area contributed by atoms with E-state index in [-0.39, 0.29) is 0 Å². The molecule has 0 aliphatic heterocycles. The first-order chi connectivity index (χ1) is 21.7. The average molecular weight is 583 g/mol. The van der Waals surface area contributed by atoms with Gasteiger partial charge < -0.3 is 10.6 Å². The van der Waals surface area contributed by atoms with Crippen LogP contribution in [0.3, 0.4) is 0 Å². The highest BCUT2D eigenvalue weighted by Gasteiger charge is 2.23. The minimum Gasteiger partial charge on any atom is -0.339 e. The van der Waals surface area contributed by atoms with E-state index in [0.717, 1.165) is 60.8 Å². The number of rotatable bonds is 14. The zero-order valence-electron chi connectivity index (χ0n) is 26.5. The summed E-state index contributed by atoms with van der Waals surface area (Å²) in [6.07, 6.45) is 11.8. The lowest BCUT2D eigenvalue weighted by Crippen LogP contribution is -2.21. The first-order valence-corrected chi connectivity index (χ1v) is 16.8. The van der Waals surface area contributed by atoms with Crippen molar-refractivity contribution in [3.8, 4) is 0 Å². The number of hydrogen-bond donors (Lipinski definition) is 1. The second kappa shape index (κ2) is 14.2. The smallest absolute Gasteiger partial charge is 0.0762 e. The van der Waals surface area contributed by atoms with E-state index in [1.54, 1.807) is 0 Å². The monoisotopic (exact) mass is 582 g/mol. The van der Waals surface area contributed by atoms with Gasteiger partial charge in [-0.3, -0.25) is 0 Å². The molecule has 0 unspecified atom stereocenters. The number of anilines is 2. The number of para-hydroxylation sites is 4. The standard InChI is InChI=1S/C40H46N4/c1-3-29-19-17-23-33-37(29)42-35-25-13-11-21-31(35)39(33)44(28-16-10-8-6-5-7-9-15-27-41)40-32-22-12-14-26-36(32)43-38-30(4-2)20-18-24-34(38)40/h11-14,17-26H,3-10,15-16,27-28,41H2,1-2H3. The van der Waals surface area contributed by atoms with Gasteiger partial charge in [-0.15, -0.1) is 0 Å². The van der Waals surface area contributed by atoms with E-state index in [1.165, 1.54) is 82.6 Å². The normalized spacial score (nSPS) is 11.7. The Hall–Kier alpha value is -4.02. The van der Waals surface area contributed by atoms with Gasteiger partial charge in [-0.1, -0.05) is 125 Å². The molecule has 0 saturated carbocycles. The van der Waals surface area contributed by atoms with Crippen LogP contribution in [0.25, 0.3) is 43.6 Å². The van der Waals surface area contributed by atoms with Gasteiger partial charge in [-0.05, 0) is 55.5 Å². The number of unbranched alkanes of at least 4 members (excludes halogenated alkanes) is 7. The molecule has 6 aromatic rings. The number of benzene rings is 4. The van der Waals surface area contributed by atoms with Crippen LogP contribution in [0.1, 0.15) is 76.3 Å². The molecule has 0 fully saturated rings. The highest BCUT2D eigenvalue weighted by atomic mass is 15.1. The molecule has 0 bridgehead atoms. The minimum absolute atomic E-state index is 0.812. The van der Waals surface area contributed by atoms with Crippen LogP contribution >= 0.6 is 0 Å². The first-order valence-electron chi connectivity index (χ1n) is 16.8. The molecule has 0 amide bonds. The van der Waals surface area contributed by atoms with E-state index in [2.05, 4.69) is 104 Å². The van der Waals surface area contributed by atoms with Gasteiger partial charge in [0.2, 0.25) is 0 Å². The molecule has 0 aliphatic rings. The van der Waals surface area contributed by atoms with E-state index < -0.39 is 0 Å². The van der Waals surface area contributed by atoms with Crippen molar-refractivity contribution in [3.05, 3.63) is 96.1 Å². The number of hydrogen-bond acceptors (Lipinski definition) is 4. The lowest BCUT2D eigenvalue weighted by atomic mass is 9.98. The molecule has 0 atom stereocenters. The minimum atomic E-state index is 0.812. The van der Waals surface area contributed by atoms with Crippen LogP contribution < -0.4 is 10.6 Å². The Morgan fingerprint density at radius 3 is 1.41 bits per heavy atom. The summed E-state index contributed by atoms with van der Waals surface area (Å²) in [5.74, 6) is 0. The van der Waals surface area contributed by atoms with Crippen molar-refractivity contribution in [1.82, 2.24) is 9.97 Å². The van der Waals surface area contributed by atoms with Crippen molar-refractivity contribution in [2.45, 2.75) is 78.1 Å². The molecule has 4 aromatic carbocycles. The largest absolute Gasteiger partial charge is 0.339 e. The molecule has 4 nitrogen and oxygen atoms in total. The van der Waals surface area contributed by atoms with E-state index in [4.69, 9.17) is 15.7 Å². The summed E-state index contributed by atoms with van der Waals surface area (Å²) in [6.45, 7) is 6.21. The van der Waals surface area contributed by atoms with Crippen LogP contribution in [0.4, 0.5) is 11.4 Å². The summed E-state index contributed by atoms with van der Waals surface area (Å²) in [6, 6.07) is 30.8. The molecule has 2 aromatic heterocycles. The number of nitrogens with two attached hydrogens (primary N) is 1. The Morgan fingerprint density at radius 2 is 0.932 bits per heavy atom. The Morgan fingerprint density at radius 1 is 0.500 bits per heavy atom. The van der Waals surface area contributed by atoms with E-state index in [0.29, 0.717) is 0 Å². The van der Waals surface area contributed by atoms with Crippen LogP contribution in [-0.2, 0) is 12.8 Å². The lowest BCUT2D eigenvalue weighted by molar-refractivity contribution is 0.571. The SMILES string of the molecule is CCc1cccc2c(N(CCCCCCCCCCN)c3c4ccccc4nc4c(CC)cccc34)c3ccccc3nc12. The molecule has 0 spiro atoms. The molecule has 0 radical (unpaired) electrons. The van der Waals surface area contributed by atoms with Crippen LogP contribution in [0.2, 0.25) is 0 Å². The second-order valence-electron chi connectivity index (χ2n) is 12.1. The maximum atomic E-state index is 5.69. The van der Waals surface area contributed by atoms with Crippen LogP contribution in [0, 0.1) is 0 Å². The quantitative estimate of drug-likeness (QED) is 0.103. The van der Waals surface area contributed by atoms with Gasteiger partial charge in [0.05, 0.1) is 33.4 Å². The molecule has 6 rings (SSSR count). The van der Waals surface area contributed by atoms with Crippen molar-refractivity contribution in [3.63, 3.8) is 0 Å². The highest BCUT2D eigenvalue weighted by Crippen LogP contribution is 2.44. The van der Waals surface area contributed by atoms with Gasteiger partial charge in [0.15, 0.2) is 0 Å². The van der Waals surface area contributed by atoms with E-state index >= 15 is 0 Å². The van der Waals surface area contributed by atoms with Crippen molar-refractivity contribution in [2.24, 2.45) is 5.73 Å². The summed E-state index contributed by atoms with van der Waals surface area (Å²) in [4.78, 5) is 13.1. The fourth-order valence-corrected chi connectivity index (χ4v) is 6.87. The Balaban J connectivity index is 1.53. The summed E-state index contributed by atoms with van der Waals surface area (Å²) in [5, 5.41) is 4.86. The summed E-state index contributed by atoms with van der Waals surface area (Å²) in [7, 11) is 0. The third kappa shape index (κ3) is 6.01. The fourth-order valence-electron chi connectivity index (χ4n) is 6.87. The summed E-state index contributed by atoms with van der Waals surface area (Å²) in [5.41, 5.74) is 15.1. The summed E-state index contributed by atoms with van der Waals surface area (Å²) < 4.78 is 0. The van der Waals surface area contributed by atoms with Crippen LogP contribution in [0.15, 0.2) is 84.9 Å². The van der Waals surface area contributed by atoms with Gasteiger partial charge in [0.25, 0.3) is 0 Å². The zero-order valence-corrected chi connectivity index (χ0v) is 26.5. The number of fused-ring (bicyclic) bond motifs is 4. The Bertz CT molecular complexity index is 1750. The Labute approximate surface area is 262 Å². The average Bonchev–Trinajstić information content (AvgIpc) is 3.07. The third-order valence-corrected chi connectivity index (χ3v) is 9.17. The number of pyridine rings is 2. The third-order valence-electron chi connectivity index (χ3n) is 9.17. The second-order valence-corrected chi connectivity index (χ2v) is 12.1. The van der Waals surface area contributed by atoms with Gasteiger partial charge in [-0.2, -0.15) is 0 Å². The first kappa shape index (κ1) is 30.0. The molecule has 0 aliphatic carbocycles. The molecule has 226 valence electrons. The van der Waals surface area contributed by atoms with Gasteiger partial charge in [-0.25, -0.2) is 9.97 Å².